The summed E-state index contributed by atoms with van der Waals surface area (Å²) in [6.45, 7) is 6.42. The molecule has 0 unspecified atom stereocenters. The van der Waals surface area contributed by atoms with Crippen LogP contribution in [0.4, 0.5) is 4.39 Å². The molecule has 0 radical (unpaired) electrons. The van der Waals surface area contributed by atoms with Gasteiger partial charge in [0.2, 0.25) is 0 Å². The van der Waals surface area contributed by atoms with Crippen LogP contribution in [-0.4, -0.2) is 23.9 Å². The van der Waals surface area contributed by atoms with Gasteiger partial charge in [-0.05, 0) is 29.8 Å². The summed E-state index contributed by atoms with van der Waals surface area (Å²) in [5.41, 5.74) is 0.898. The Morgan fingerprint density at radius 2 is 1.96 bits per heavy atom. The van der Waals surface area contributed by atoms with E-state index in [2.05, 4.69) is 13.8 Å². The molecule has 5 heteroatoms. The largest absolute Gasteiger partial charge is 0.467 e. The zero-order valence-electron chi connectivity index (χ0n) is 13.7. The van der Waals surface area contributed by atoms with Crippen molar-refractivity contribution in [1.29, 1.82) is 0 Å². The van der Waals surface area contributed by atoms with E-state index in [1.165, 1.54) is 12.1 Å². The second-order valence-electron chi connectivity index (χ2n) is 6.08. The van der Waals surface area contributed by atoms with Crippen molar-refractivity contribution < 1.29 is 18.9 Å². The van der Waals surface area contributed by atoms with Crippen molar-refractivity contribution in [2.45, 2.75) is 26.9 Å². The van der Waals surface area contributed by atoms with E-state index >= 15 is 0 Å². The van der Waals surface area contributed by atoms with Gasteiger partial charge in [0, 0.05) is 12.5 Å². The van der Waals surface area contributed by atoms with Crippen LogP contribution in [0, 0.1) is 11.7 Å². The van der Waals surface area contributed by atoms with Gasteiger partial charge in [-0.15, -0.1) is 0 Å². The SMILES string of the molecule is CC(C)C[NH2+]CC(=O)N(Cc1ccc(F)cc1)Cc1ccco1. The van der Waals surface area contributed by atoms with Crippen LogP contribution >= 0.6 is 0 Å². The Hall–Kier alpha value is -2.14. The van der Waals surface area contributed by atoms with E-state index in [-0.39, 0.29) is 11.7 Å². The van der Waals surface area contributed by atoms with Crippen LogP contribution in [0.1, 0.15) is 25.2 Å². The van der Waals surface area contributed by atoms with Gasteiger partial charge in [0.05, 0.1) is 19.4 Å². The molecular weight excluding hydrogens is 295 g/mol. The normalized spacial score (nSPS) is 11.0. The first-order valence-electron chi connectivity index (χ1n) is 7.91. The molecule has 2 N–H and O–H groups in total. The van der Waals surface area contributed by atoms with Gasteiger partial charge in [-0.3, -0.25) is 4.79 Å². The molecule has 0 atom stereocenters. The Balaban J connectivity index is 2.01. The van der Waals surface area contributed by atoms with Gasteiger partial charge in [-0.1, -0.05) is 26.0 Å². The van der Waals surface area contributed by atoms with E-state index in [0.717, 1.165) is 17.9 Å². The Morgan fingerprint density at radius 1 is 1.22 bits per heavy atom. The fourth-order valence-corrected chi connectivity index (χ4v) is 2.30. The van der Waals surface area contributed by atoms with Crippen molar-refractivity contribution in [2.24, 2.45) is 5.92 Å². The third-order valence-corrected chi connectivity index (χ3v) is 3.52. The molecule has 23 heavy (non-hydrogen) atoms. The summed E-state index contributed by atoms with van der Waals surface area (Å²) in [5.74, 6) is 1.05. The van der Waals surface area contributed by atoms with E-state index in [9.17, 15) is 9.18 Å². The van der Waals surface area contributed by atoms with Gasteiger partial charge < -0.3 is 14.6 Å². The number of nitrogens with zero attached hydrogens (tertiary/aromatic N) is 1. The molecule has 0 fully saturated rings. The monoisotopic (exact) mass is 319 g/mol. The molecule has 2 rings (SSSR count). The molecule has 2 aromatic rings. The van der Waals surface area contributed by atoms with Crippen molar-refractivity contribution in [3.8, 4) is 0 Å². The lowest BCUT2D eigenvalue weighted by Crippen LogP contribution is -2.87. The van der Waals surface area contributed by atoms with Gasteiger partial charge in [-0.25, -0.2) is 4.39 Å². The van der Waals surface area contributed by atoms with E-state index < -0.39 is 0 Å². The summed E-state index contributed by atoms with van der Waals surface area (Å²) in [6, 6.07) is 9.89. The predicted molar refractivity (Wildman–Crippen MR) is 85.9 cm³/mol. The van der Waals surface area contributed by atoms with Crippen molar-refractivity contribution in [2.75, 3.05) is 13.1 Å². The first-order chi connectivity index (χ1) is 11.0. The predicted octanol–water partition coefficient (Wildman–Crippen LogP) is 2.17. The molecule has 0 aliphatic heterocycles. The number of quaternary nitrogens is 1. The lowest BCUT2D eigenvalue weighted by Gasteiger charge is -2.21. The summed E-state index contributed by atoms with van der Waals surface area (Å²) >= 11 is 0. The molecule has 0 saturated carbocycles. The number of hydrogen-bond donors (Lipinski definition) is 1. The molecule has 0 saturated heterocycles. The molecule has 1 aromatic heterocycles. The minimum Gasteiger partial charge on any atom is -0.467 e. The van der Waals surface area contributed by atoms with E-state index in [0.29, 0.717) is 25.6 Å². The van der Waals surface area contributed by atoms with Gasteiger partial charge in [0.15, 0.2) is 6.54 Å². The third kappa shape index (κ3) is 5.87. The van der Waals surface area contributed by atoms with Gasteiger partial charge in [0.25, 0.3) is 5.91 Å². The van der Waals surface area contributed by atoms with Crippen molar-refractivity contribution >= 4 is 5.91 Å². The maximum atomic E-state index is 13.0. The lowest BCUT2D eigenvalue weighted by molar-refractivity contribution is -0.649. The number of furan rings is 1. The summed E-state index contributed by atoms with van der Waals surface area (Å²) < 4.78 is 18.4. The quantitative estimate of drug-likeness (QED) is 0.811. The average molecular weight is 319 g/mol. The van der Waals surface area contributed by atoms with Crippen LogP contribution in [-0.2, 0) is 17.9 Å². The maximum Gasteiger partial charge on any atom is 0.278 e. The Labute approximate surface area is 136 Å². The van der Waals surface area contributed by atoms with Crippen LogP contribution < -0.4 is 5.32 Å². The summed E-state index contributed by atoms with van der Waals surface area (Å²) in [5, 5.41) is 2.02. The minimum absolute atomic E-state index is 0.0476. The second-order valence-corrected chi connectivity index (χ2v) is 6.08. The molecule has 0 bridgehead atoms. The second kappa shape index (κ2) is 8.48. The molecule has 124 valence electrons. The molecule has 0 aliphatic carbocycles. The maximum absolute atomic E-state index is 13.0. The summed E-state index contributed by atoms with van der Waals surface area (Å²) in [6.07, 6.45) is 1.60. The third-order valence-electron chi connectivity index (χ3n) is 3.52. The van der Waals surface area contributed by atoms with E-state index in [1.54, 1.807) is 29.4 Å². The standard InChI is InChI=1S/C18H23FN2O2/c1-14(2)10-20-11-18(22)21(13-17-4-3-9-23-17)12-15-5-7-16(19)8-6-15/h3-9,14,20H,10-13H2,1-2H3/p+1. The number of nitrogens with two attached hydrogens (primary N) is 1. The molecule has 1 aromatic carbocycles. The fraction of sp³-hybridized carbons (Fsp3) is 0.389. The van der Waals surface area contributed by atoms with Crippen molar-refractivity contribution in [3.63, 3.8) is 0 Å². The van der Waals surface area contributed by atoms with Crippen LogP contribution in [0.3, 0.4) is 0 Å². The highest BCUT2D eigenvalue weighted by Gasteiger charge is 2.17. The lowest BCUT2D eigenvalue weighted by atomic mass is 10.2. The van der Waals surface area contributed by atoms with Crippen molar-refractivity contribution in [1.82, 2.24) is 4.90 Å². The summed E-state index contributed by atoms with van der Waals surface area (Å²) in [4.78, 5) is 14.2. The summed E-state index contributed by atoms with van der Waals surface area (Å²) in [7, 11) is 0. The van der Waals surface area contributed by atoms with Crippen LogP contribution in [0.2, 0.25) is 0 Å². The smallest absolute Gasteiger partial charge is 0.278 e. The Bertz CT molecular complexity index is 594. The van der Waals surface area contributed by atoms with Gasteiger partial charge in [0.1, 0.15) is 11.6 Å². The first-order valence-corrected chi connectivity index (χ1v) is 7.91. The fourth-order valence-electron chi connectivity index (χ4n) is 2.30. The zero-order chi connectivity index (χ0) is 16.7. The van der Waals surface area contributed by atoms with Crippen LogP contribution in [0.25, 0.3) is 0 Å². The Kier molecular flexibility index (Phi) is 6.35. The number of carbonyl (C=O) groups excluding carboxylic acids is 1. The molecule has 4 nitrogen and oxygen atoms in total. The molecule has 1 amide bonds. The molecular formula is C18H24FN2O2+. The average Bonchev–Trinajstić information content (AvgIpc) is 3.01. The van der Waals surface area contributed by atoms with Gasteiger partial charge >= 0.3 is 0 Å². The Morgan fingerprint density at radius 3 is 2.57 bits per heavy atom. The van der Waals surface area contributed by atoms with Crippen LogP contribution in [0.5, 0.6) is 0 Å². The first kappa shape index (κ1) is 17.2. The highest BCUT2D eigenvalue weighted by Crippen LogP contribution is 2.11. The minimum atomic E-state index is -0.275. The van der Waals surface area contributed by atoms with Gasteiger partial charge in [-0.2, -0.15) is 0 Å². The number of halogens is 1. The van der Waals surface area contributed by atoms with Crippen LogP contribution in [0.15, 0.2) is 47.1 Å². The number of amides is 1. The number of benzene rings is 1. The molecule has 0 spiro atoms. The number of carbonyl (C=O) groups is 1. The highest BCUT2D eigenvalue weighted by atomic mass is 19.1. The zero-order valence-corrected chi connectivity index (χ0v) is 13.7. The van der Waals surface area contributed by atoms with E-state index in [4.69, 9.17) is 4.42 Å². The number of rotatable bonds is 8. The molecule has 0 aliphatic rings. The topological polar surface area (TPSA) is 50.1 Å². The highest BCUT2D eigenvalue weighted by molar-refractivity contribution is 5.76. The molecule has 1 heterocycles. The van der Waals surface area contributed by atoms with Crippen molar-refractivity contribution in [3.05, 3.63) is 59.8 Å². The van der Waals surface area contributed by atoms with E-state index in [1.807, 2.05) is 11.4 Å². The number of hydrogen-bond acceptors (Lipinski definition) is 2.